The Morgan fingerprint density at radius 1 is 1.22 bits per heavy atom. The average Bonchev–Trinajstić information content (AvgIpc) is 2.87. The fraction of sp³-hybridized carbons (Fsp3) is 0.444. The number of carbonyl (C=O) groups excluding carboxylic acids is 1. The van der Waals surface area contributed by atoms with Crippen molar-refractivity contribution in [3.63, 3.8) is 0 Å². The van der Waals surface area contributed by atoms with Crippen molar-refractivity contribution < 1.29 is 9.32 Å². The van der Waals surface area contributed by atoms with Crippen molar-refractivity contribution in [3.8, 4) is 0 Å². The van der Waals surface area contributed by atoms with Crippen molar-refractivity contribution in [2.45, 2.75) is 46.1 Å². The Balaban J connectivity index is 1.75. The van der Waals surface area contributed by atoms with Crippen LogP contribution >= 0.6 is 0 Å². The number of nitrogens with one attached hydrogen (secondary N) is 1. The Bertz CT molecular complexity index is 759. The van der Waals surface area contributed by atoms with Gasteiger partial charge in [0.15, 0.2) is 0 Å². The zero-order valence-electron chi connectivity index (χ0n) is 13.6. The Morgan fingerprint density at radius 3 is 2.65 bits per heavy atom. The Labute approximate surface area is 135 Å². The third-order valence-electron chi connectivity index (χ3n) is 4.98. The SMILES string of the molecule is Cc1noc(C)c1CN1C(=O)CNc2cc3c(cc21)CCCC3. The lowest BCUT2D eigenvalue weighted by atomic mass is 9.90. The smallest absolute Gasteiger partial charge is 0.246 e. The van der Waals surface area contributed by atoms with E-state index in [9.17, 15) is 4.79 Å². The van der Waals surface area contributed by atoms with Gasteiger partial charge in [-0.2, -0.15) is 0 Å². The van der Waals surface area contributed by atoms with Crippen LogP contribution < -0.4 is 10.2 Å². The molecule has 0 unspecified atom stereocenters. The van der Waals surface area contributed by atoms with Gasteiger partial charge < -0.3 is 14.7 Å². The normalized spacial score (nSPS) is 16.8. The number of aromatic nitrogens is 1. The van der Waals surface area contributed by atoms with Crippen molar-refractivity contribution in [2.24, 2.45) is 0 Å². The fourth-order valence-electron chi connectivity index (χ4n) is 3.60. The van der Waals surface area contributed by atoms with Crippen molar-refractivity contribution in [3.05, 3.63) is 40.3 Å². The zero-order valence-corrected chi connectivity index (χ0v) is 13.6. The maximum atomic E-state index is 12.5. The van der Waals surface area contributed by atoms with Gasteiger partial charge in [0.2, 0.25) is 5.91 Å². The predicted molar refractivity (Wildman–Crippen MR) is 88.7 cm³/mol. The average molecular weight is 311 g/mol. The lowest BCUT2D eigenvalue weighted by molar-refractivity contribution is -0.117. The maximum absolute atomic E-state index is 12.5. The first kappa shape index (κ1) is 14.3. The standard InChI is InChI=1S/C18H21N3O2/c1-11-15(12(2)23-20-11)10-21-17-8-14-6-4-3-5-13(14)7-16(17)19-9-18(21)22/h7-8,19H,3-6,9-10H2,1-2H3. The first-order valence-corrected chi connectivity index (χ1v) is 8.25. The Morgan fingerprint density at radius 2 is 1.96 bits per heavy atom. The number of hydrogen-bond donors (Lipinski definition) is 1. The molecule has 0 saturated carbocycles. The van der Waals surface area contributed by atoms with E-state index in [1.54, 1.807) is 0 Å². The van der Waals surface area contributed by atoms with Crippen LogP contribution in [-0.2, 0) is 24.2 Å². The van der Waals surface area contributed by atoms with Crippen LogP contribution in [0.3, 0.4) is 0 Å². The summed E-state index contributed by atoms with van der Waals surface area (Å²) in [6.07, 6.45) is 4.74. The Kier molecular flexibility index (Phi) is 3.36. The minimum atomic E-state index is 0.0910. The summed E-state index contributed by atoms with van der Waals surface area (Å²) < 4.78 is 5.25. The van der Waals surface area contributed by atoms with Gasteiger partial charge in [0.25, 0.3) is 0 Å². The third-order valence-corrected chi connectivity index (χ3v) is 4.98. The summed E-state index contributed by atoms with van der Waals surface area (Å²) >= 11 is 0. The van der Waals surface area contributed by atoms with Crippen LogP contribution in [0, 0.1) is 13.8 Å². The summed E-state index contributed by atoms with van der Waals surface area (Å²) in [5.74, 6) is 0.876. The number of hydrogen-bond acceptors (Lipinski definition) is 4. The largest absolute Gasteiger partial charge is 0.374 e. The molecular weight excluding hydrogens is 290 g/mol. The van der Waals surface area contributed by atoms with E-state index in [0.717, 1.165) is 41.2 Å². The predicted octanol–water partition coefficient (Wildman–Crippen LogP) is 3.13. The number of fused-ring (bicyclic) bond motifs is 2. The van der Waals surface area contributed by atoms with Crippen LogP contribution in [0.25, 0.3) is 0 Å². The number of benzene rings is 1. The topological polar surface area (TPSA) is 58.4 Å². The van der Waals surface area contributed by atoms with E-state index >= 15 is 0 Å². The highest BCUT2D eigenvalue weighted by Crippen LogP contribution is 2.36. The van der Waals surface area contributed by atoms with E-state index in [4.69, 9.17) is 4.52 Å². The molecule has 0 fully saturated rings. The van der Waals surface area contributed by atoms with E-state index in [2.05, 4.69) is 22.6 Å². The molecule has 1 N–H and O–H groups in total. The lowest BCUT2D eigenvalue weighted by Crippen LogP contribution is -2.39. The second-order valence-electron chi connectivity index (χ2n) is 6.48. The molecule has 1 amide bonds. The van der Waals surface area contributed by atoms with Crippen LogP contribution in [0.5, 0.6) is 0 Å². The molecule has 120 valence electrons. The van der Waals surface area contributed by atoms with Gasteiger partial charge in [0, 0.05) is 5.56 Å². The van der Waals surface area contributed by atoms with Gasteiger partial charge in [-0.15, -0.1) is 0 Å². The van der Waals surface area contributed by atoms with Crippen molar-refractivity contribution >= 4 is 17.3 Å². The molecule has 0 radical (unpaired) electrons. The lowest BCUT2D eigenvalue weighted by Gasteiger charge is -2.32. The summed E-state index contributed by atoms with van der Waals surface area (Å²) in [5.41, 5.74) is 6.72. The fourth-order valence-corrected chi connectivity index (χ4v) is 3.60. The number of carbonyl (C=O) groups is 1. The molecule has 2 aromatic rings. The summed E-state index contributed by atoms with van der Waals surface area (Å²) in [6, 6.07) is 4.43. The monoisotopic (exact) mass is 311 g/mol. The molecule has 0 bridgehead atoms. The van der Waals surface area contributed by atoms with Gasteiger partial charge >= 0.3 is 0 Å². The van der Waals surface area contributed by atoms with Gasteiger partial charge in [-0.3, -0.25) is 4.79 Å². The first-order chi connectivity index (χ1) is 11.1. The van der Waals surface area contributed by atoms with Crippen molar-refractivity contribution in [2.75, 3.05) is 16.8 Å². The minimum Gasteiger partial charge on any atom is -0.374 e. The first-order valence-electron chi connectivity index (χ1n) is 8.25. The number of rotatable bonds is 2. The van der Waals surface area contributed by atoms with Gasteiger partial charge in [0.05, 0.1) is 30.2 Å². The van der Waals surface area contributed by atoms with Gasteiger partial charge in [-0.05, 0) is 62.8 Å². The highest BCUT2D eigenvalue weighted by atomic mass is 16.5. The second-order valence-corrected chi connectivity index (χ2v) is 6.48. The van der Waals surface area contributed by atoms with Gasteiger partial charge in [-0.25, -0.2) is 0 Å². The molecule has 5 heteroatoms. The van der Waals surface area contributed by atoms with E-state index < -0.39 is 0 Å². The third kappa shape index (κ3) is 2.40. The molecule has 1 aliphatic heterocycles. The van der Waals surface area contributed by atoms with Crippen LogP contribution in [0.4, 0.5) is 11.4 Å². The molecule has 23 heavy (non-hydrogen) atoms. The quantitative estimate of drug-likeness (QED) is 0.925. The molecule has 5 nitrogen and oxygen atoms in total. The highest BCUT2D eigenvalue weighted by molar-refractivity contribution is 6.02. The van der Waals surface area contributed by atoms with E-state index in [1.807, 2.05) is 18.7 Å². The molecule has 0 spiro atoms. The number of nitrogens with zero attached hydrogens (tertiary/aromatic N) is 2. The van der Waals surface area contributed by atoms with Gasteiger partial charge in [-0.1, -0.05) is 5.16 Å². The van der Waals surface area contributed by atoms with E-state index in [0.29, 0.717) is 13.1 Å². The van der Waals surface area contributed by atoms with Crippen molar-refractivity contribution in [1.82, 2.24) is 5.16 Å². The van der Waals surface area contributed by atoms with Crippen molar-refractivity contribution in [1.29, 1.82) is 0 Å². The van der Waals surface area contributed by atoms with Crippen LogP contribution in [-0.4, -0.2) is 17.6 Å². The highest BCUT2D eigenvalue weighted by Gasteiger charge is 2.27. The minimum absolute atomic E-state index is 0.0910. The molecule has 1 aliphatic carbocycles. The molecule has 0 atom stereocenters. The second kappa shape index (κ2) is 5.41. The van der Waals surface area contributed by atoms with E-state index in [1.165, 1.54) is 24.0 Å². The van der Waals surface area contributed by atoms with Gasteiger partial charge in [0.1, 0.15) is 5.76 Å². The van der Waals surface area contributed by atoms with Crippen LogP contribution in [0.15, 0.2) is 16.7 Å². The zero-order chi connectivity index (χ0) is 16.0. The molecule has 4 rings (SSSR count). The number of amides is 1. The van der Waals surface area contributed by atoms with Crippen LogP contribution in [0.2, 0.25) is 0 Å². The summed E-state index contributed by atoms with van der Waals surface area (Å²) in [4.78, 5) is 14.4. The van der Waals surface area contributed by atoms with E-state index in [-0.39, 0.29) is 5.91 Å². The molecule has 0 saturated heterocycles. The summed E-state index contributed by atoms with van der Waals surface area (Å²) in [6.45, 7) is 4.69. The maximum Gasteiger partial charge on any atom is 0.246 e. The molecule has 2 aliphatic rings. The summed E-state index contributed by atoms with van der Waals surface area (Å²) in [7, 11) is 0. The molecule has 1 aromatic heterocycles. The summed E-state index contributed by atoms with van der Waals surface area (Å²) in [5, 5.41) is 7.28. The number of aryl methyl sites for hydroxylation is 4. The Hall–Kier alpha value is -2.30. The number of anilines is 2. The molecule has 1 aromatic carbocycles. The molecular formula is C18H21N3O2. The van der Waals surface area contributed by atoms with Crippen LogP contribution in [0.1, 0.15) is 41.0 Å². The molecule has 2 heterocycles.